The Kier molecular flexibility index (Phi) is 6.61. The number of hydrogen-bond acceptors (Lipinski definition) is 3. The van der Waals surface area contributed by atoms with Gasteiger partial charge in [-0.25, -0.2) is 8.42 Å². The molecule has 2 rings (SSSR count). The minimum atomic E-state index is -3.58. The fourth-order valence-electron chi connectivity index (χ4n) is 2.85. The molecule has 0 aliphatic carbocycles. The van der Waals surface area contributed by atoms with E-state index in [1.54, 1.807) is 25.5 Å². The van der Waals surface area contributed by atoms with Crippen LogP contribution in [0, 0.1) is 0 Å². The van der Waals surface area contributed by atoms with Gasteiger partial charge in [-0.1, -0.05) is 51.1 Å². The summed E-state index contributed by atoms with van der Waals surface area (Å²) in [4.78, 5) is 12.7. The van der Waals surface area contributed by atoms with Gasteiger partial charge in [-0.3, -0.25) is 4.79 Å². The molecule has 142 valence electrons. The molecule has 0 unspecified atom stereocenters. The van der Waals surface area contributed by atoms with E-state index in [2.05, 4.69) is 5.32 Å². The predicted octanol–water partition coefficient (Wildman–Crippen LogP) is 2.59. The number of hydrogen-bond donors (Lipinski definition) is 1. The van der Waals surface area contributed by atoms with Crippen LogP contribution in [0.1, 0.15) is 42.7 Å². The SMILES string of the molecule is CCN(CC)S(=O)(=O)c1cc(C(=O)NC[C@@H](C)c2ccccc2)n(C)c1. The molecule has 0 saturated heterocycles. The molecular formula is C19H27N3O3S. The first-order valence-electron chi connectivity index (χ1n) is 8.80. The largest absolute Gasteiger partial charge is 0.350 e. The Balaban J connectivity index is 2.12. The standard InChI is InChI=1S/C19H27N3O3S/c1-5-22(6-2)26(24,25)17-12-18(21(4)14-17)19(23)20-13-15(3)16-10-8-7-9-11-16/h7-12,14-15H,5-6,13H2,1-4H3,(H,20,23)/t15-/m1/s1. The Morgan fingerprint density at radius 3 is 2.38 bits per heavy atom. The maximum Gasteiger partial charge on any atom is 0.267 e. The van der Waals surface area contributed by atoms with Crippen LogP contribution in [-0.4, -0.2) is 42.8 Å². The maximum absolute atomic E-state index is 12.6. The number of aryl methyl sites for hydroxylation is 1. The first-order valence-corrected chi connectivity index (χ1v) is 10.2. The van der Waals surface area contributed by atoms with Gasteiger partial charge < -0.3 is 9.88 Å². The fourth-order valence-corrected chi connectivity index (χ4v) is 4.38. The van der Waals surface area contributed by atoms with Crippen LogP contribution in [0.3, 0.4) is 0 Å². The zero-order chi connectivity index (χ0) is 19.3. The molecule has 1 aromatic heterocycles. The van der Waals surface area contributed by atoms with Gasteiger partial charge >= 0.3 is 0 Å². The predicted molar refractivity (Wildman–Crippen MR) is 103 cm³/mol. The molecule has 0 bridgehead atoms. The highest BCUT2D eigenvalue weighted by Gasteiger charge is 2.25. The van der Waals surface area contributed by atoms with Crippen LogP contribution in [-0.2, 0) is 17.1 Å². The Labute approximate surface area is 155 Å². The molecule has 6 nitrogen and oxygen atoms in total. The highest BCUT2D eigenvalue weighted by atomic mass is 32.2. The van der Waals surface area contributed by atoms with Gasteiger partial charge in [0.25, 0.3) is 5.91 Å². The van der Waals surface area contributed by atoms with Gasteiger partial charge in [0.15, 0.2) is 0 Å². The molecule has 0 aliphatic rings. The summed E-state index contributed by atoms with van der Waals surface area (Å²) in [5.41, 5.74) is 1.47. The van der Waals surface area contributed by atoms with Crippen molar-refractivity contribution in [1.29, 1.82) is 0 Å². The van der Waals surface area contributed by atoms with Crippen molar-refractivity contribution in [3.63, 3.8) is 0 Å². The average molecular weight is 378 g/mol. The molecule has 1 N–H and O–H groups in total. The number of nitrogens with zero attached hydrogens (tertiary/aromatic N) is 2. The number of rotatable bonds is 8. The van der Waals surface area contributed by atoms with Crippen LogP contribution in [0.2, 0.25) is 0 Å². The van der Waals surface area contributed by atoms with E-state index in [-0.39, 0.29) is 16.7 Å². The highest BCUT2D eigenvalue weighted by molar-refractivity contribution is 7.89. The molecule has 0 aliphatic heterocycles. The number of carbonyl (C=O) groups excluding carboxylic acids is 1. The average Bonchev–Trinajstić information content (AvgIpc) is 3.03. The second-order valence-corrected chi connectivity index (χ2v) is 8.22. The van der Waals surface area contributed by atoms with Gasteiger partial charge in [0.1, 0.15) is 10.6 Å². The Hall–Kier alpha value is -2.12. The fraction of sp³-hybridized carbons (Fsp3) is 0.421. The van der Waals surface area contributed by atoms with Gasteiger partial charge in [0.05, 0.1) is 0 Å². The van der Waals surface area contributed by atoms with E-state index < -0.39 is 10.0 Å². The molecule has 2 aromatic rings. The van der Waals surface area contributed by atoms with Crippen LogP contribution in [0.5, 0.6) is 0 Å². The molecule has 26 heavy (non-hydrogen) atoms. The van der Waals surface area contributed by atoms with E-state index in [1.807, 2.05) is 37.3 Å². The first kappa shape index (κ1) is 20.2. The normalized spacial score (nSPS) is 13.0. The number of benzene rings is 1. The van der Waals surface area contributed by atoms with E-state index in [9.17, 15) is 13.2 Å². The van der Waals surface area contributed by atoms with E-state index in [4.69, 9.17) is 0 Å². The third-order valence-corrected chi connectivity index (χ3v) is 6.51. The number of aromatic nitrogens is 1. The number of sulfonamides is 1. The van der Waals surface area contributed by atoms with Gasteiger partial charge in [-0.05, 0) is 17.5 Å². The van der Waals surface area contributed by atoms with Gasteiger partial charge in [-0.15, -0.1) is 0 Å². The minimum Gasteiger partial charge on any atom is -0.350 e. The lowest BCUT2D eigenvalue weighted by Crippen LogP contribution is -2.30. The summed E-state index contributed by atoms with van der Waals surface area (Å²) in [5, 5.41) is 2.89. The summed E-state index contributed by atoms with van der Waals surface area (Å²) >= 11 is 0. The molecule has 0 radical (unpaired) electrons. The zero-order valence-corrected chi connectivity index (χ0v) is 16.6. The lowest BCUT2D eigenvalue weighted by molar-refractivity contribution is 0.0943. The first-order chi connectivity index (χ1) is 12.3. The van der Waals surface area contributed by atoms with E-state index in [0.29, 0.717) is 25.3 Å². The van der Waals surface area contributed by atoms with Crippen LogP contribution in [0.25, 0.3) is 0 Å². The van der Waals surface area contributed by atoms with Crippen molar-refractivity contribution in [1.82, 2.24) is 14.2 Å². The molecule has 1 atom stereocenters. The molecule has 1 amide bonds. The second kappa shape index (κ2) is 8.51. The summed E-state index contributed by atoms with van der Waals surface area (Å²) < 4.78 is 28.2. The Bertz CT molecular complexity index is 840. The van der Waals surface area contributed by atoms with Gasteiger partial charge in [0, 0.05) is 32.9 Å². The monoisotopic (exact) mass is 377 g/mol. The van der Waals surface area contributed by atoms with Crippen molar-refractivity contribution in [2.75, 3.05) is 19.6 Å². The molecule has 1 heterocycles. The number of nitrogens with one attached hydrogen (secondary N) is 1. The van der Waals surface area contributed by atoms with Crippen molar-refractivity contribution in [2.24, 2.45) is 7.05 Å². The Morgan fingerprint density at radius 1 is 1.19 bits per heavy atom. The minimum absolute atomic E-state index is 0.143. The van der Waals surface area contributed by atoms with Crippen molar-refractivity contribution < 1.29 is 13.2 Å². The highest BCUT2D eigenvalue weighted by Crippen LogP contribution is 2.19. The topological polar surface area (TPSA) is 71.4 Å². The maximum atomic E-state index is 12.6. The molecule has 7 heteroatoms. The number of carbonyl (C=O) groups is 1. The molecule has 0 spiro atoms. The quantitative estimate of drug-likeness (QED) is 0.769. The summed E-state index contributed by atoms with van der Waals surface area (Å²) in [5.74, 6) is -0.115. The second-order valence-electron chi connectivity index (χ2n) is 6.28. The number of amides is 1. The molecule has 0 fully saturated rings. The van der Waals surface area contributed by atoms with Crippen molar-refractivity contribution in [3.05, 3.63) is 53.9 Å². The molecule has 1 aromatic carbocycles. The van der Waals surface area contributed by atoms with Crippen LogP contribution in [0.4, 0.5) is 0 Å². The smallest absolute Gasteiger partial charge is 0.267 e. The summed E-state index contributed by atoms with van der Waals surface area (Å²) in [6.07, 6.45) is 1.49. The van der Waals surface area contributed by atoms with Gasteiger partial charge in [0.2, 0.25) is 10.0 Å². The van der Waals surface area contributed by atoms with Crippen molar-refractivity contribution in [3.8, 4) is 0 Å². The lowest BCUT2D eigenvalue weighted by atomic mass is 10.0. The van der Waals surface area contributed by atoms with Crippen LogP contribution >= 0.6 is 0 Å². The molecular weight excluding hydrogens is 350 g/mol. The summed E-state index contributed by atoms with van der Waals surface area (Å²) in [6, 6.07) is 11.4. The third kappa shape index (κ3) is 4.34. The third-order valence-electron chi connectivity index (χ3n) is 4.49. The van der Waals surface area contributed by atoms with Gasteiger partial charge in [-0.2, -0.15) is 4.31 Å². The van der Waals surface area contributed by atoms with E-state index in [0.717, 1.165) is 5.56 Å². The van der Waals surface area contributed by atoms with Crippen molar-refractivity contribution in [2.45, 2.75) is 31.6 Å². The Morgan fingerprint density at radius 2 is 1.81 bits per heavy atom. The van der Waals surface area contributed by atoms with E-state index >= 15 is 0 Å². The lowest BCUT2D eigenvalue weighted by Gasteiger charge is -2.17. The summed E-state index contributed by atoms with van der Waals surface area (Å²) in [7, 11) is -1.90. The zero-order valence-electron chi connectivity index (χ0n) is 15.8. The summed E-state index contributed by atoms with van der Waals surface area (Å²) in [6.45, 7) is 6.89. The van der Waals surface area contributed by atoms with E-state index in [1.165, 1.54) is 16.6 Å². The van der Waals surface area contributed by atoms with Crippen LogP contribution in [0.15, 0.2) is 47.5 Å². The van der Waals surface area contributed by atoms with Crippen molar-refractivity contribution >= 4 is 15.9 Å². The van der Waals surface area contributed by atoms with Crippen LogP contribution < -0.4 is 5.32 Å². The molecule has 0 saturated carbocycles.